The number of anilines is 1. The molecule has 5 heteroatoms. The lowest BCUT2D eigenvalue weighted by atomic mass is 9.90. The maximum atomic E-state index is 14.2. The van der Waals surface area contributed by atoms with Crippen molar-refractivity contribution < 1.29 is 19.0 Å². The predicted octanol–water partition coefficient (Wildman–Crippen LogP) is 3.25. The minimum absolute atomic E-state index is 0.0381. The number of halogens is 1. The lowest BCUT2D eigenvalue weighted by Crippen LogP contribution is -2.41. The van der Waals surface area contributed by atoms with Gasteiger partial charge in [-0.05, 0) is 31.2 Å². The Morgan fingerprint density at radius 3 is 2.43 bits per heavy atom. The molecule has 2 aromatic rings. The van der Waals surface area contributed by atoms with Gasteiger partial charge in [-0.15, -0.1) is 0 Å². The second-order valence-electron chi connectivity index (χ2n) is 4.74. The average Bonchev–Trinajstić information content (AvgIpc) is 2.47. The maximum absolute atomic E-state index is 14.2. The highest BCUT2D eigenvalue weighted by Crippen LogP contribution is 2.35. The van der Waals surface area contributed by atoms with E-state index in [2.05, 4.69) is 5.32 Å². The second-order valence-corrected chi connectivity index (χ2v) is 4.74. The van der Waals surface area contributed by atoms with Gasteiger partial charge in [-0.25, -0.2) is 9.18 Å². The van der Waals surface area contributed by atoms with Crippen molar-refractivity contribution in [3.8, 4) is 5.75 Å². The summed E-state index contributed by atoms with van der Waals surface area (Å²) in [7, 11) is 1.38. The van der Waals surface area contributed by atoms with Gasteiger partial charge in [-0.1, -0.05) is 24.3 Å². The van der Waals surface area contributed by atoms with E-state index in [9.17, 15) is 14.3 Å². The number of nitrogens with one attached hydrogen (secondary N) is 1. The van der Waals surface area contributed by atoms with Crippen LogP contribution < -0.4 is 10.1 Å². The second kappa shape index (κ2) is 5.83. The average molecular weight is 289 g/mol. The van der Waals surface area contributed by atoms with Crippen molar-refractivity contribution in [2.75, 3.05) is 12.4 Å². The summed E-state index contributed by atoms with van der Waals surface area (Å²) in [6.07, 6.45) is 0. The molecule has 110 valence electrons. The van der Waals surface area contributed by atoms with Gasteiger partial charge in [0, 0.05) is 5.69 Å². The molecule has 2 rings (SSSR count). The van der Waals surface area contributed by atoms with Gasteiger partial charge in [0.05, 0.1) is 12.7 Å². The van der Waals surface area contributed by atoms with Crippen LogP contribution in [0.5, 0.6) is 5.75 Å². The molecule has 0 radical (unpaired) electrons. The molecule has 1 atom stereocenters. The van der Waals surface area contributed by atoms with Crippen LogP contribution in [0.2, 0.25) is 0 Å². The Hall–Kier alpha value is -2.56. The van der Waals surface area contributed by atoms with Gasteiger partial charge in [0.1, 0.15) is 11.6 Å². The zero-order valence-electron chi connectivity index (χ0n) is 11.8. The molecule has 1 unspecified atom stereocenters. The third-order valence-electron chi connectivity index (χ3n) is 3.29. The van der Waals surface area contributed by atoms with E-state index < -0.39 is 17.3 Å². The van der Waals surface area contributed by atoms with Crippen LogP contribution in [0.4, 0.5) is 10.1 Å². The molecule has 0 aliphatic carbocycles. The van der Waals surface area contributed by atoms with Gasteiger partial charge in [-0.2, -0.15) is 0 Å². The van der Waals surface area contributed by atoms with Gasteiger partial charge in [-0.3, -0.25) is 0 Å². The summed E-state index contributed by atoms with van der Waals surface area (Å²) in [6, 6.07) is 13.0. The first-order valence-corrected chi connectivity index (χ1v) is 6.38. The van der Waals surface area contributed by atoms with Crippen LogP contribution in [0.3, 0.4) is 0 Å². The third-order valence-corrected chi connectivity index (χ3v) is 3.29. The van der Waals surface area contributed by atoms with E-state index in [1.165, 1.54) is 32.2 Å². The zero-order valence-corrected chi connectivity index (χ0v) is 11.8. The Balaban J connectivity index is 2.56. The number of methoxy groups -OCH3 is 1. The molecule has 4 nitrogen and oxygen atoms in total. The Kier molecular flexibility index (Phi) is 4.12. The van der Waals surface area contributed by atoms with E-state index in [1.54, 1.807) is 24.3 Å². The summed E-state index contributed by atoms with van der Waals surface area (Å²) in [4.78, 5) is 11.8. The van der Waals surface area contributed by atoms with Crippen LogP contribution in [-0.4, -0.2) is 18.2 Å². The zero-order chi connectivity index (χ0) is 15.5. The number of carbonyl (C=O) groups is 1. The number of aliphatic carboxylic acids is 1. The highest BCUT2D eigenvalue weighted by atomic mass is 19.1. The quantitative estimate of drug-likeness (QED) is 0.887. The van der Waals surface area contributed by atoms with E-state index in [-0.39, 0.29) is 11.3 Å². The highest BCUT2D eigenvalue weighted by molar-refractivity contribution is 5.85. The van der Waals surface area contributed by atoms with Crippen LogP contribution in [0.15, 0.2) is 48.5 Å². The smallest absolute Gasteiger partial charge is 0.334 e. The molecule has 2 N–H and O–H groups in total. The number of benzene rings is 2. The topological polar surface area (TPSA) is 58.6 Å². The van der Waals surface area contributed by atoms with Gasteiger partial charge in [0.25, 0.3) is 0 Å². The molecule has 0 aliphatic heterocycles. The molecule has 0 aliphatic rings. The predicted molar refractivity (Wildman–Crippen MR) is 78.0 cm³/mol. The molecule has 0 saturated heterocycles. The molecule has 21 heavy (non-hydrogen) atoms. The summed E-state index contributed by atoms with van der Waals surface area (Å²) in [5, 5.41) is 12.5. The highest BCUT2D eigenvalue weighted by Gasteiger charge is 2.40. The van der Waals surface area contributed by atoms with Gasteiger partial charge in [0.2, 0.25) is 0 Å². The van der Waals surface area contributed by atoms with Gasteiger partial charge < -0.3 is 15.2 Å². The summed E-state index contributed by atoms with van der Waals surface area (Å²) in [5.74, 6) is -1.65. The molecule has 0 heterocycles. The standard InChI is InChI=1S/C16H16FNO3/c1-16(15(19)20,18-11-7-4-3-5-8-11)14-12(17)9-6-10-13(14)21-2/h3-10,18H,1-2H3,(H,19,20). The van der Waals surface area contributed by atoms with Crippen molar-refractivity contribution in [1.82, 2.24) is 0 Å². The number of hydrogen-bond acceptors (Lipinski definition) is 3. The Morgan fingerprint density at radius 2 is 1.86 bits per heavy atom. The van der Waals surface area contributed by atoms with Crippen LogP contribution in [-0.2, 0) is 10.3 Å². The number of para-hydroxylation sites is 1. The summed E-state index contributed by atoms with van der Waals surface area (Å²) >= 11 is 0. The number of carboxylic acid groups (broad SMARTS) is 1. The van der Waals surface area contributed by atoms with E-state index in [1.807, 2.05) is 6.07 Å². The van der Waals surface area contributed by atoms with Gasteiger partial charge in [0.15, 0.2) is 5.54 Å². The monoisotopic (exact) mass is 289 g/mol. The summed E-state index contributed by atoms with van der Waals surface area (Å²) in [6.45, 7) is 1.41. The third kappa shape index (κ3) is 2.81. The van der Waals surface area contributed by atoms with Crippen LogP contribution in [0, 0.1) is 5.82 Å². The molecule has 0 aromatic heterocycles. The van der Waals surface area contributed by atoms with E-state index in [4.69, 9.17) is 4.74 Å². The number of carboxylic acids is 1. The van der Waals surface area contributed by atoms with Crippen molar-refractivity contribution in [3.63, 3.8) is 0 Å². The van der Waals surface area contributed by atoms with Crippen molar-refractivity contribution in [2.45, 2.75) is 12.5 Å². The SMILES string of the molecule is COc1cccc(F)c1C(C)(Nc1ccccc1)C(=O)O. The number of ether oxygens (including phenoxy) is 1. The minimum Gasteiger partial charge on any atom is -0.496 e. The fourth-order valence-corrected chi connectivity index (χ4v) is 2.19. The summed E-state index contributed by atoms with van der Waals surface area (Å²) < 4.78 is 19.3. The first-order valence-electron chi connectivity index (χ1n) is 6.38. The molecular weight excluding hydrogens is 273 g/mol. The van der Waals surface area contributed by atoms with Crippen LogP contribution >= 0.6 is 0 Å². The first kappa shape index (κ1) is 14.8. The van der Waals surface area contributed by atoms with E-state index in [0.717, 1.165) is 0 Å². The molecule has 0 bridgehead atoms. The van der Waals surface area contributed by atoms with Crippen molar-refractivity contribution in [1.29, 1.82) is 0 Å². The normalized spacial score (nSPS) is 13.3. The van der Waals surface area contributed by atoms with Crippen LogP contribution in [0.1, 0.15) is 12.5 Å². The summed E-state index contributed by atoms with van der Waals surface area (Å²) in [5.41, 5.74) is -1.12. The lowest BCUT2D eigenvalue weighted by molar-refractivity contribution is -0.142. The van der Waals surface area contributed by atoms with Crippen molar-refractivity contribution in [3.05, 3.63) is 59.9 Å². The first-order chi connectivity index (χ1) is 9.99. The van der Waals surface area contributed by atoms with Crippen molar-refractivity contribution >= 4 is 11.7 Å². The molecule has 0 fully saturated rings. The minimum atomic E-state index is -1.65. The number of rotatable bonds is 5. The van der Waals surface area contributed by atoms with E-state index >= 15 is 0 Å². The Morgan fingerprint density at radius 1 is 1.19 bits per heavy atom. The van der Waals surface area contributed by atoms with E-state index in [0.29, 0.717) is 5.69 Å². The molecule has 0 amide bonds. The largest absolute Gasteiger partial charge is 0.496 e. The van der Waals surface area contributed by atoms with Crippen LogP contribution in [0.25, 0.3) is 0 Å². The fourth-order valence-electron chi connectivity index (χ4n) is 2.19. The molecule has 0 saturated carbocycles. The fraction of sp³-hybridized carbons (Fsp3) is 0.188. The Labute approximate surface area is 122 Å². The molecule has 0 spiro atoms. The van der Waals surface area contributed by atoms with Gasteiger partial charge >= 0.3 is 5.97 Å². The molecule has 2 aromatic carbocycles. The number of hydrogen-bond donors (Lipinski definition) is 2. The molecular formula is C16H16FNO3. The maximum Gasteiger partial charge on any atom is 0.334 e. The lowest BCUT2D eigenvalue weighted by Gasteiger charge is -2.29. The Bertz CT molecular complexity index is 645. The van der Waals surface area contributed by atoms with Crippen molar-refractivity contribution in [2.24, 2.45) is 0 Å².